The third-order valence-electron chi connectivity index (χ3n) is 3.63. The van der Waals surface area contributed by atoms with E-state index in [2.05, 4.69) is 45.1 Å². The van der Waals surface area contributed by atoms with E-state index in [-0.39, 0.29) is 6.04 Å². The van der Waals surface area contributed by atoms with Crippen molar-refractivity contribution < 1.29 is 0 Å². The molecule has 0 bridgehead atoms. The number of aromatic nitrogens is 4. The van der Waals surface area contributed by atoms with E-state index in [4.69, 9.17) is 5.73 Å². The molecule has 0 saturated heterocycles. The second-order valence-electron chi connectivity index (χ2n) is 5.21. The maximum Gasteiger partial charge on any atom is 0.0738 e. The van der Waals surface area contributed by atoms with Gasteiger partial charge in [-0.15, -0.1) is 0 Å². The quantitative estimate of drug-likeness (QED) is 0.898. The number of hydrogen-bond donors (Lipinski definition) is 1. The number of rotatable bonds is 5. The maximum absolute atomic E-state index is 6.44. The van der Waals surface area contributed by atoms with Crippen LogP contribution in [0.2, 0.25) is 0 Å². The normalized spacial score (nSPS) is 12.7. The number of nitrogens with zero attached hydrogens (tertiary/aromatic N) is 4. The van der Waals surface area contributed by atoms with Gasteiger partial charge in [0.25, 0.3) is 0 Å². The first-order chi connectivity index (χ1) is 9.97. The fourth-order valence-electron chi connectivity index (χ4n) is 2.51. The SMILES string of the molecule is CCc1nnc(C)cc1C(N)Cc1c(Br)c(C)nn1CC. The Morgan fingerprint density at radius 1 is 1.29 bits per heavy atom. The summed E-state index contributed by atoms with van der Waals surface area (Å²) in [5.41, 5.74) is 11.5. The summed E-state index contributed by atoms with van der Waals surface area (Å²) in [5.74, 6) is 0. The molecule has 2 heterocycles. The summed E-state index contributed by atoms with van der Waals surface area (Å²) in [5, 5.41) is 12.9. The molecule has 2 rings (SSSR count). The highest BCUT2D eigenvalue weighted by Crippen LogP contribution is 2.26. The molecule has 0 spiro atoms. The summed E-state index contributed by atoms with van der Waals surface area (Å²) < 4.78 is 3.06. The van der Waals surface area contributed by atoms with Gasteiger partial charge in [0, 0.05) is 19.0 Å². The first kappa shape index (κ1) is 16.1. The molecule has 0 aliphatic rings. The Balaban J connectivity index is 2.34. The maximum atomic E-state index is 6.44. The average molecular weight is 352 g/mol. The van der Waals surface area contributed by atoms with Crippen LogP contribution >= 0.6 is 15.9 Å². The topological polar surface area (TPSA) is 69.6 Å². The fourth-order valence-corrected chi connectivity index (χ4v) is 2.96. The van der Waals surface area contributed by atoms with E-state index in [0.29, 0.717) is 0 Å². The van der Waals surface area contributed by atoms with Gasteiger partial charge in [-0.1, -0.05) is 6.92 Å². The van der Waals surface area contributed by atoms with Gasteiger partial charge in [-0.3, -0.25) is 4.68 Å². The Labute approximate surface area is 134 Å². The van der Waals surface area contributed by atoms with Crippen LogP contribution in [0.5, 0.6) is 0 Å². The number of aryl methyl sites for hydroxylation is 4. The van der Waals surface area contributed by atoms with Crippen LogP contribution in [-0.2, 0) is 19.4 Å². The minimum absolute atomic E-state index is 0.105. The average Bonchev–Trinajstić information content (AvgIpc) is 2.74. The van der Waals surface area contributed by atoms with Crippen molar-refractivity contribution in [2.45, 2.75) is 53.1 Å². The van der Waals surface area contributed by atoms with Gasteiger partial charge < -0.3 is 5.73 Å². The van der Waals surface area contributed by atoms with E-state index < -0.39 is 0 Å². The molecule has 5 nitrogen and oxygen atoms in total. The fraction of sp³-hybridized carbons (Fsp3) is 0.533. The monoisotopic (exact) mass is 351 g/mol. The third-order valence-corrected chi connectivity index (χ3v) is 4.66. The van der Waals surface area contributed by atoms with E-state index in [0.717, 1.165) is 52.2 Å². The predicted octanol–water partition coefficient (Wildman–Crippen LogP) is 2.88. The summed E-state index contributed by atoms with van der Waals surface area (Å²) in [6.45, 7) is 8.94. The Kier molecular flexibility index (Phi) is 5.11. The van der Waals surface area contributed by atoms with Crippen LogP contribution in [0.25, 0.3) is 0 Å². The molecule has 0 fully saturated rings. The van der Waals surface area contributed by atoms with Crippen LogP contribution < -0.4 is 5.73 Å². The predicted molar refractivity (Wildman–Crippen MR) is 87.1 cm³/mol. The van der Waals surface area contributed by atoms with Gasteiger partial charge in [-0.05, 0) is 54.8 Å². The van der Waals surface area contributed by atoms with Crippen LogP contribution in [-0.4, -0.2) is 20.0 Å². The van der Waals surface area contributed by atoms with Gasteiger partial charge in [0.1, 0.15) is 0 Å². The van der Waals surface area contributed by atoms with Crippen molar-refractivity contribution >= 4 is 15.9 Å². The molecule has 0 amide bonds. The summed E-state index contributed by atoms with van der Waals surface area (Å²) in [7, 11) is 0. The lowest BCUT2D eigenvalue weighted by Crippen LogP contribution is -2.19. The van der Waals surface area contributed by atoms with E-state index in [1.165, 1.54) is 0 Å². The minimum Gasteiger partial charge on any atom is -0.324 e. The van der Waals surface area contributed by atoms with Crippen LogP contribution in [0, 0.1) is 13.8 Å². The van der Waals surface area contributed by atoms with Crippen LogP contribution in [0.3, 0.4) is 0 Å². The van der Waals surface area contributed by atoms with E-state index >= 15 is 0 Å². The third kappa shape index (κ3) is 3.32. The van der Waals surface area contributed by atoms with Crippen molar-refractivity contribution in [2.75, 3.05) is 0 Å². The zero-order valence-corrected chi connectivity index (χ0v) is 14.6. The molecule has 1 atom stereocenters. The Bertz CT molecular complexity index is 635. The second-order valence-corrected chi connectivity index (χ2v) is 6.01. The molecule has 0 saturated carbocycles. The molecule has 21 heavy (non-hydrogen) atoms. The Morgan fingerprint density at radius 3 is 2.62 bits per heavy atom. The minimum atomic E-state index is -0.105. The highest BCUT2D eigenvalue weighted by Gasteiger charge is 2.19. The highest BCUT2D eigenvalue weighted by atomic mass is 79.9. The molecule has 0 aromatic carbocycles. The first-order valence-corrected chi connectivity index (χ1v) is 8.07. The lowest BCUT2D eigenvalue weighted by atomic mass is 9.99. The zero-order valence-electron chi connectivity index (χ0n) is 13.0. The van der Waals surface area contributed by atoms with Gasteiger partial charge in [0.2, 0.25) is 0 Å². The summed E-state index contributed by atoms with van der Waals surface area (Å²) in [6.07, 6.45) is 1.57. The van der Waals surface area contributed by atoms with Crippen molar-refractivity contribution in [1.82, 2.24) is 20.0 Å². The van der Waals surface area contributed by atoms with E-state index in [1.54, 1.807) is 0 Å². The molecule has 0 aliphatic heterocycles. The largest absolute Gasteiger partial charge is 0.324 e. The Hall–Kier alpha value is -1.27. The number of hydrogen-bond acceptors (Lipinski definition) is 4. The second kappa shape index (κ2) is 6.66. The molecule has 6 heteroatoms. The Morgan fingerprint density at radius 2 is 2.00 bits per heavy atom. The standard InChI is InChI=1S/C15H22BrN5/c1-5-13-11(7-9(3)18-19-13)12(17)8-14-15(16)10(4)20-21(14)6-2/h7,12H,5-6,8,17H2,1-4H3. The van der Waals surface area contributed by atoms with E-state index in [1.807, 2.05) is 24.6 Å². The van der Waals surface area contributed by atoms with Crippen molar-refractivity contribution in [3.63, 3.8) is 0 Å². The number of halogens is 1. The summed E-state index contributed by atoms with van der Waals surface area (Å²) >= 11 is 3.63. The lowest BCUT2D eigenvalue weighted by Gasteiger charge is -2.16. The molecule has 114 valence electrons. The van der Waals surface area contributed by atoms with E-state index in [9.17, 15) is 0 Å². The lowest BCUT2D eigenvalue weighted by molar-refractivity contribution is 0.582. The molecule has 0 radical (unpaired) electrons. The van der Waals surface area contributed by atoms with Crippen molar-refractivity contribution in [2.24, 2.45) is 5.73 Å². The van der Waals surface area contributed by atoms with Crippen molar-refractivity contribution in [3.05, 3.63) is 38.9 Å². The van der Waals surface area contributed by atoms with Gasteiger partial charge in [-0.2, -0.15) is 15.3 Å². The number of nitrogens with two attached hydrogens (primary N) is 1. The molecule has 2 N–H and O–H groups in total. The van der Waals surface area contributed by atoms with Gasteiger partial charge in [0.05, 0.1) is 27.2 Å². The van der Waals surface area contributed by atoms with Gasteiger partial charge in [0.15, 0.2) is 0 Å². The molecule has 2 aromatic heterocycles. The van der Waals surface area contributed by atoms with Crippen LogP contribution in [0.1, 0.15) is 48.2 Å². The molecular weight excluding hydrogens is 330 g/mol. The van der Waals surface area contributed by atoms with Crippen molar-refractivity contribution in [1.29, 1.82) is 0 Å². The molecule has 2 aromatic rings. The molecular formula is C15H22BrN5. The van der Waals surface area contributed by atoms with Gasteiger partial charge in [-0.25, -0.2) is 0 Å². The van der Waals surface area contributed by atoms with Crippen molar-refractivity contribution in [3.8, 4) is 0 Å². The van der Waals surface area contributed by atoms with Crippen LogP contribution in [0.4, 0.5) is 0 Å². The van der Waals surface area contributed by atoms with Gasteiger partial charge >= 0.3 is 0 Å². The zero-order chi connectivity index (χ0) is 15.6. The molecule has 0 aliphatic carbocycles. The van der Waals surface area contributed by atoms with Crippen LogP contribution in [0.15, 0.2) is 10.5 Å². The first-order valence-electron chi connectivity index (χ1n) is 7.28. The highest BCUT2D eigenvalue weighted by molar-refractivity contribution is 9.10. The smallest absolute Gasteiger partial charge is 0.0738 e. The molecule has 1 unspecified atom stereocenters. The summed E-state index contributed by atoms with van der Waals surface area (Å²) in [4.78, 5) is 0. The summed E-state index contributed by atoms with van der Waals surface area (Å²) in [6, 6.07) is 1.94.